The van der Waals surface area contributed by atoms with E-state index in [1.807, 2.05) is 0 Å². The second-order valence-corrected chi connectivity index (χ2v) is 9.12. The van der Waals surface area contributed by atoms with Crippen molar-refractivity contribution in [1.29, 1.82) is 0 Å². The molecular formula is C19H28NO6P. The van der Waals surface area contributed by atoms with Crippen LogP contribution in [0.1, 0.15) is 50.9 Å². The van der Waals surface area contributed by atoms with Crippen LogP contribution in [-0.4, -0.2) is 47.9 Å². The van der Waals surface area contributed by atoms with Gasteiger partial charge < -0.3 is 18.7 Å². The number of carbonyl (C=O) groups excluding carboxylic acids is 2. The third-order valence-electron chi connectivity index (χ3n) is 4.16. The van der Waals surface area contributed by atoms with Gasteiger partial charge in [-0.25, -0.2) is 4.79 Å². The van der Waals surface area contributed by atoms with Crippen molar-refractivity contribution < 1.29 is 27.9 Å². The zero-order valence-corrected chi connectivity index (χ0v) is 17.3. The number of benzene rings is 1. The molecule has 1 aliphatic heterocycles. The number of amides is 1. The van der Waals surface area contributed by atoms with Crippen LogP contribution in [0.2, 0.25) is 0 Å². The molecule has 2 rings (SSSR count). The molecule has 150 valence electrons. The van der Waals surface area contributed by atoms with Crippen molar-refractivity contribution >= 4 is 19.5 Å². The summed E-state index contributed by atoms with van der Waals surface area (Å²) in [6, 6.07) is 7.76. The smallest absolute Gasteiger partial charge is 0.353 e. The predicted molar refractivity (Wildman–Crippen MR) is 101 cm³/mol. The number of esters is 1. The Kier molecular flexibility index (Phi) is 7.20. The maximum Gasteiger partial charge on any atom is 0.353 e. The van der Waals surface area contributed by atoms with Crippen molar-refractivity contribution in [2.45, 2.75) is 64.6 Å². The summed E-state index contributed by atoms with van der Waals surface area (Å²) in [5, 5.41) is 0. The second-order valence-electron chi connectivity index (χ2n) is 7.02. The standard InChI is InChI=1S/C19H28NO6P/c1-13(2)25-27(23,26-14(3)4)17-12-11-16(19(22)24-5)20(17)18(21)15-9-7-6-8-10-15/h6-10,13-14,16-17H,11-12H2,1-5H3/t16-,17+/m0/s1. The maximum atomic E-state index is 13.6. The molecule has 0 bridgehead atoms. The predicted octanol–water partition coefficient (Wildman–Crippen LogP) is 3.83. The van der Waals surface area contributed by atoms with E-state index in [1.54, 1.807) is 58.0 Å². The fourth-order valence-corrected chi connectivity index (χ4v) is 5.77. The van der Waals surface area contributed by atoms with Gasteiger partial charge in [0.05, 0.1) is 19.3 Å². The zero-order chi connectivity index (χ0) is 20.2. The summed E-state index contributed by atoms with van der Waals surface area (Å²) in [6.07, 6.45) is -0.0569. The van der Waals surface area contributed by atoms with E-state index in [1.165, 1.54) is 12.0 Å². The molecule has 2 atom stereocenters. The zero-order valence-electron chi connectivity index (χ0n) is 16.5. The first kappa shape index (κ1) is 21.6. The molecule has 0 aliphatic carbocycles. The molecule has 1 heterocycles. The average molecular weight is 397 g/mol. The highest BCUT2D eigenvalue weighted by Crippen LogP contribution is 2.60. The van der Waals surface area contributed by atoms with Crippen molar-refractivity contribution in [3.8, 4) is 0 Å². The average Bonchev–Trinajstić information content (AvgIpc) is 3.05. The number of ether oxygens (including phenoxy) is 1. The van der Waals surface area contributed by atoms with E-state index in [4.69, 9.17) is 13.8 Å². The minimum atomic E-state index is -3.70. The molecule has 1 aromatic rings. The van der Waals surface area contributed by atoms with Gasteiger partial charge in [-0.05, 0) is 52.7 Å². The fourth-order valence-electron chi connectivity index (χ4n) is 3.23. The van der Waals surface area contributed by atoms with Crippen LogP contribution in [0.4, 0.5) is 0 Å². The van der Waals surface area contributed by atoms with Gasteiger partial charge in [-0.15, -0.1) is 0 Å². The van der Waals surface area contributed by atoms with Crippen molar-refractivity contribution in [2.75, 3.05) is 7.11 Å². The van der Waals surface area contributed by atoms with Crippen LogP contribution >= 0.6 is 7.60 Å². The SMILES string of the molecule is COC(=O)[C@@H]1CC[C@@H](P(=O)(OC(C)C)OC(C)C)N1C(=O)c1ccccc1. The molecule has 1 saturated heterocycles. The lowest BCUT2D eigenvalue weighted by molar-refractivity contribution is -0.145. The van der Waals surface area contributed by atoms with Crippen molar-refractivity contribution in [2.24, 2.45) is 0 Å². The molecule has 0 spiro atoms. The Morgan fingerprint density at radius 1 is 1.04 bits per heavy atom. The lowest BCUT2D eigenvalue weighted by Crippen LogP contribution is -2.46. The summed E-state index contributed by atoms with van der Waals surface area (Å²) in [5.41, 5.74) is 0.402. The van der Waals surface area contributed by atoms with Crippen LogP contribution < -0.4 is 0 Å². The molecule has 1 aliphatic rings. The minimum Gasteiger partial charge on any atom is -0.467 e. The number of hydrogen-bond donors (Lipinski definition) is 0. The Bertz CT molecular complexity index is 691. The number of methoxy groups -OCH3 is 1. The Hall–Kier alpha value is -1.69. The molecular weight excluding hydrogens is 369 g/mol. The van der Waals surface area contributed by atoms with Crippen LogP contribution in [0.3, 0.4) is 0 Å². The molecule has 8 heteroatoms. The van der Waals surface area contributed by atoms with Gasteiger partial charge in [0.2, 0.25) is 0 Å². The van der Waals surface area contributed by atoms with Gasteiger partial charge in [-0.3, -0.25) is 9.36 Å². The topological polar surface area (TPSA) is 82.1 Å². The summed E-state index contributed by atoms with van der Waals surface area (Å²) in [4.78, 5) is 26.8. The van der Waals surface area contributed by atoms with Crippen LogP contribution in [0.5, 0.6) is 0 Å². The van der Waals surface area contributed by atoms with Gasteiger partial charge in [0.1, 0.15) is 11.8 Å². The highest BCUT2D eigenvalue weighted by Gasteiger charge is 2.52. The van der Waals surface area contributed by atoms with Crippen LogP contribution in [0, 0.1) is 0 Å². The number of rotatable bonds is 7. The summed E-state index contributed by atoms with van der Waals surface area (Å²) in [5.74, 6) is -1.78. The van der Waals surface area contributed by atoms with Crippen molar-refractivity contribution in [3.05, 3.63) is 35.9 Å². The Labute approximate surface area is 160 Å². The van der Waals surface area contributed by atoms with E-state index in [9.17, 15) is 14.2 Å². The molecule has 7 nitrogen and oxygen atoms in total. The molecule has 0 N–H and O–H groups in total. The van der Waals surface area contributed by atoms with Gasteiger partial charge in [-0.2, -0.15) is 0 Å². The van der Waals surface area contributed by atoms with E-state index < -0.39 is 31.3 Å². The molecule has 1 amide bonds. The molecule has 0 saturated carbocycles. The van der Waals surface area contributed by atoms with Gasteiger partial charge in [-0.1, -0.05) is 18.2 Å². The molecule has 0 radical (unpaired) electrons. The summed E-state index contributed by atoms with van der Waals surface area (Å²) < 4.78 is 29.9. The Morgan fingerprint density at radius 3 is 2.07 bits per heavy atom. The van der Waals surface area contributed by atoms with Crippen LogP contribution in [0.25, 0.3) is 0 Å². The normalized spacial score (nSPS) is 20.3. The maximum absolute atomic E-state index is 13.6. The molecule has 27 heavy (non-hydrogen) atoms. The highest BCUT2D eigenvalue weighted by molar-refractivity contribution is 7.54. The Morgan fingerprint density at radius 2 is 1.59 bits per heavy atom. The fraction of sp³-hybridized carbons (Fsp3) is 0.579. The lowest BCUT2D eigenvalue weighted by Gasteiger charge is -2.34. The number of likely N-dealkylation sites (tertiary alicyclic amines) is 1. The van der Waals surface area contributed by atoms with E-state index in [-0.39, 0.29) is 12.2 Å². The van der Waals surface area contributed by atoms with E-state index >= 15 is 0 Å². The van der Waals surface area contributed by atoms with Gasteiger partial charge in [0.25, 0.3) is 5.91 Å². The first-order valence-corrected chi connectivity index (χ1v) is 10.7. The van der Waals surface area contributed by atoms with Gasteiger partial charge >= 0.3 is 13.6 Å². The number of nitrogens with zero attached hydrogens (tertiary/aromatic N) is 1. The van der Waals surface area contributed by atoms with E-state index in [0.717, 1.165) is 0 Å². The summed E-state index contributed by atoms with van der Waals surface area (Å²) in [6.45, 7) is 7.03. The molecule has 1 fully saturated rings. The van der Waals surface area contributed by atoms with Crippen LogP contribution in [0.15, 0.2) is 30.3 Å². The third-order valence-corrected chi connectivity index (χ3v) is 6.83. The van der Waals surface area contributed by atoms with Crippen molar-refractivity contribution in [1.82, 2.24) is 4.90 Å². The largest absolute Gasteiger partial charge is 0.467 e. The lowest BCUT2D eigenvalue weighted by atomic mass is 10.1. The van der Waals surface area contributed by atoms with Crippen LogP contribution in [-0.2, 0) is 23.1 Å². The Balaban J connectivity index is 2.47. The van der Waals surface area contributed by atoms with Gasteiger partial charge in [0.15, 0.2) is 0 Å². The highest BCUT2D eigenvalue weighted by atomic mass is 31.2. The molecule has 0 unspecified atom stereocenters. The van der Waals surface area contributed by atoms with E-state index in [0.29, 0.717) is 18.4 Å². The number of hydrogen-bond acceptors (Lipinski definition) is 6. The summed E-state index contributed by atoms with van der Waals surface area (Å²) >= 11 is 0. The first-order valence-electron chi connectivity index (χ1n) is 9.11. The third kappa shape index (κ3) is 4.98. The quantitative estimate of drug-likeness (QED) is 0.514. The second kappa shape index (κ2) is 9.00. The number of carbonyl (C=O) groups is 2. The first-order chi connectivity index (χ1) is 12.7. The summed E-state index contributed by atoms with van der Waals surface area (Å²) in [7, 11) is -2.43. The molecule has 0 aromatic heterocycles. The monoisotopic (exact) mass is 397 g/mol. The van der Waals surface area contributed by atoms with E-state index in [2.05, 4.69) is 0 Å². The van der Waals surface area contributed by atoms with Gasteiger partial charge in [0, 0.05) is 5.56 Å². The van der Waals surface area contributed by atoms with Crippen molar-refractivity contribution in [3.63, 3.8) is 0 Å². The molecule has 1 aromatic carbocycles. The minimum absolute atomic E-state index is 0.328.